The van der Waals surface area contributed by atoms with Gasteiger partial charge in [-0.1, -0.05) is 6.07 Å². The Morgan fingerprint density at radius 2 is 2.11 bits per heavy atom. The molecular formula is C12H16ClF2NO3. The van der Waals surface area contributed by atoms with Crippen LogP contribution in [0.2, 0.25) is 0 Å². The number of alkyl halides is 1. The smallest absolute Gasteiger partial charge is 0.342 e. The van der Waals surface area contributed by atoms with Gasteiger partial charge in [0.25, 0.3) is 0 Å². The molecule has 0 fully saturated rings. The molecule has 0 aliphatic heterocycles. The molecule has 0 bridgehead atoms. The Bertz CT molecular complexity index is 431. The van der Waals surface area contributed by atoms with Crippen molar-refractivity contribution in [2.24, 2.45) is 5.73 Å². The monoisotopic (exact) mass is 295 g/mol. The molecule has 2 N–H and O–H groups in total. The van der Waals surface area contributed by atoms with Crippen LogP contribution in [-0.4, -0.2) is 25.9 Å². The average molecular weight is 296 g/mol. The summed E-state index contributed by atoms with van der Waals surface area (Å²) in [4.78, 5) is 11.2. The standard InChI is InChI=1S/C12H15F2NO3.ClH/c1-3-18-12(16)10(14)11(15)7-4-5-8(13)9(6-7)17-2;/h4-6,10-11H,3,15H2,1-2H3;1H/t10?,11-;/m0./s1. The highest BCUT2D eigenvalue weighted by atomic mass is 35.5. The van der Waals surface area contributed by atoms with E-state index in [4.69, 9.17) is 10.5 Å². The number of benzene rings is 1. The summed E-state index contributed by atoms with van der Waals surface area (Å²) in [5.41, 5.74) is 5.85. The van der Waals surface area contributed by atoms with Crippen LogP contribution in [0.3, 0.4) is 0 Å². The van der Waals surface area contributed by atoms with Crippen LogP contribution in [-0.2, 0) is 9.53 Å². The number of rotatable bonds is 5. The normalized spacial score (nSPS) is 13.1. The summed E-state index contributed by atoms with van der Waals surface area (Å²) in [7, 11) is 1.28. The predicted molar refractivity (Wildman–Crippen MR) is 68.7 cm³/mol. The molecule has 0 spiro atoms. The van der Waals surface area contributed by atoms with Crippen LogP contribution in [0, 0.1) is 5.82 Å². The fraction of sp³-hybridized carbons (Fsp3) is 0.417. The second kappa shape index (κ2) is 7.91. The van der Waals surface area contributed by atoms with Gasteiger partial charge in [0.15, 0.2) is 11.6 Å². The highest BCUT2D eigenvalue weighted by Crippen LogP contribution is 2.24. The molecule has 1 unspecified atom stereocenters. The van der Waals surface area contributed by atoms with Crippen molar-refractivity contribution in [1.29, 1.82) is 0 Å². The molecule has 108 valence electrons. The Labute approximate surface area is 116 Å². The lowest BCUT2D eigenvalue weighted by atomic mass is 10.0. The van der Waals surface area contributed by atoms with E-state index in [9.17, 15) is 13.6 Å². The number of carbonyl (C=O) groups excluding carboxylic acids is 1. The molecule has 19 heavy (non-hydrogen) atoms. The van der Waals surface area contributed by atoms with E-state index in [1.54, 1.807) is 6.92 Å². The molecular weight excluding hydrogens is 280 g/mol. The van der Waals surface area contributed by atoms with Crippen molar-refractivity contribution in [1.82, 2.24) is 0 Å². The minimum absolute atomic E-state index is 0. The van der Waals surface area contributed by atoms with Crippen LogP contribution in [0.15, 0.2) is 18.2 Å². The molecule has 7 heteroatoms. The van der Waals surface area contributed by atoms with Crippen molar-refractivity contribution >= 4 is 18.4 Å². The molecule has 0 aliphatic rings. The second-order valence-corrected chi connectivity index (χ2v) is 3.57. The van der Waals surface area contributed by atoms with Gasteiger partial charge in [-0.15, -0.1) is 12.4 Å². The summed E-state index contributed by atoms with van der Waals surface area (Å²) in [5.74, 6) is -1.67. The SMILES string of the molecule is CCOC(=O)C(F)[C@@H](N)c1ccc(F)c(OC)c1.Cl. The highest BCUT2D eigenvalue weighted by Gasteiger charge is 2.28. The van der Waals surface area contributed by atoms with Gasteiger partial charge in [0.2, 0.25) is 6.17 Å². The Hall–Kier alpha value is -1.40. The number of nitrogens with two attached hydrogens (primary N) is 1. The minimum atomic E-state index is -2.00. The van der Waals surface area contributed by atoms with Crippen LogP contribution in [0.4, 0.5) is 8.78 Å². The van der Waals surface area contributed by atoms with Crippen molar-refractivity contribution in [2.45, 2.75) is 19.1 Å². The van der Waals surface area contributed by atoms with Crippen molar-refractivity contribution in [3.63, 3.8) is 0 Å². The number of halogens is 3. The van der Waals surface area contributed by atoms with Crippen LogP contribution in [0.25, 0.3) is 0 Å². The molecule has 0 saturated heterocycles. The first kappa shape index (κ1) is 17.6. The Morgan fingerprint density at radius 1 is 1.47 bits per heavy atom. The van der Waals surface area contributed by atoms with Gasteiger partial charge in [-0.3, -0.25) is 0 Å². The summed E-state index contributed by atoms with van der Waals surface area (Å²) in [6.07, 6.45) is -2.00. The van der Waals surface area contributed by atoms with Gasteiger partial charge in [-0.05, 0) is 24.6 Å². The average Bonchev–Trinajstić information content (AvgIpc) is 2.38. The third kappa shape index (κ3) is 4.33. The van der Waals surface area contributed by atoms with E-state index in [1.807, 2.05) is 0 Å². The summed E-state index contributed by atoms with van der Waals surface area (Å²) >= 11 is 0. The first-order chi connectivity index (χ1) is 8.51. The zero-order chi connectivity index (χ0) is 13.7. The summed E-state index contributed by atoms with van der Waals surface area (Å²) < 4.78 is 36.1. The quantitative estimate of drug-likeness (QED) is 0.846. The van der Waals surface area contributed by atoms with E-state index in [-0.39, 0.29) is 30.3 Å². The first-order valence-electron chi connectivity index (χ1n) is 5.41. The first-order valence-corrected chi connectivity index (χ1v) is 5.41. The Morgan fingerprint density at radius 3 is 2.63 bits per heavy atom. The number of hydrogen-bond donors (Lipinski definition) is 1. The molecule has 0 radical (unpaired) electrons. The van der Waals surface area contributed by atoms with Crippen molar-refractivity contribution < 1.29 is 23.0 Å². The zero-order valence-corrected chi connectivity index (χ0v) is 11.4. The van der Waals surface area contributed by atoms with Crippen molar-refractivity contribution in [3.05, 3.63) is 29.6 Å². The minimum Gasteiger partial charge on any atom is -0.494 e. The third-order valence-electron chi connectivity index (χ3n) is 2.39. The molecule has 0 saturated carbocycles. The molecule has 1 rings (SSSR count). The lowest BCUT2D eigenvalue weighted by molar-refractivity contribution is -0.149. The maximum atomic E-state index is 13.7. The number of hydrogen-bond acceptors (Lipinski definition) is 4. The molecule has 0 aromatic heterocycles. The van der Waals surface area contributed by atoms with E-state index < -0.39 is 24.0 Å². The topological polar surface area (TPSA) is 61.5 Å². The van der Waals surface area contributed by atoms with E-state index in [2.05, 4.69) is 4.74 Å². The molecule has 0 aliphatic carbocycles. The second-order valence-electron chi connectivity index (χ2n) is 3.57. The number of esters is 1. The van der Waals surface area contributed by atoms with Crippen LogP contribution in [0.5, 0.6) is 5.75 Å². The Kier molecular flexibility index (Phi) is 7.33. The molecule has 1 aromatic carbocycles. The van der Waals surface area contributed by atoms with E-state index >= 15 is 0 Å². The van der Waals surface area contributed by atoms with Crippen LogP contribution >= 0.6 is 12.4 Å². The highest BCUT2D eigenvalue weighted by molar-refractivity contribution is 5.85. The number of ether oxygens (including phenoxy) is 2. The molecule has 0 heterocycles. The van der Waals surface area contributed by atoms with Gasteiger partial charge in [-0.25, -0.2) is 13.6 Å². The predicted octanol–water partition coefficient (Wildman–Crippen LogP) is 2.16. The lowest BCUT2D eigenvalue weighted by Gasteiger charge is -2.16. The molecule has 1 aromatic rings. The van der Waals surface area contributed by atoms with E-state index in [0.29, 0.717) is 0 Å². The van der Waals surface area contributed by atoms with Gasteiger partial charge in [0.1, 0.15) is 0 Å². The fourth-order valence-electron chi connectivity index (χ4n) is 1.42. The number of methoxy groups -OCH3 is 1. The maximum absolute atomic E-state index is 13.7. The van der Waals surface area contributed by atoms with E-state index in [1.165, 1.54) is 19.2 Å². The lowest BCUT2D eigenvalue weighted by Crippen LogP contribution is -2.31. The summed E-state index contributed by atoms with van der Waals surface area (Å²) in [6, 6.07) is 2.44. The third-order valence-corrected chi connectivity index (χ3v) is 2.39. The van der Waals surface area contributed by atoms with Crippen LogP contribution in [0.1, 0.15) is 18.5 Å². The molecule has 4 nitrogen and oxygen atoms in total. The summed E-state index contributed by atoms with van der Waals surface area (Å²) in [6.45, 7) is 1.63. The van der Waals surface area contributed by atoms with Crippen LogP contribution < -0.4 is 10.5 Å². The molecule has 2 atom stereocenters. The Balaban J connectivity index is 0.00000324. The zero-order valence-electron chi connectivity index (χ0n) is 10.6. The van der Waals surface area contributed by atoms with Crippen molar-refractivity contribution in [3.8, 4) is 5.75 Å². The summed E-state index contributed by atoms with van der Waals surface area (Å²) in [5, 5.41) is 0. The van der Waals surface area contributed by atoms with Gasteiger partial charge in [0, 0.05) is 0 Å². The van der Waals surface area contributed by atoms with Crippen molar-refractivity contribution in [2.75, 3.05) is 13.7 Å². The van der Waals surface area contributed by atoms with E-state index in [0.717, 1.165) is 6.07 Å². The molecule has 0 amide bonds. The van der Waals surface area contributed by atoms with Gasteiger partial charge >= 0.3 is 5.97 Å². The van der Waals surface area contributed by atoms with Gasteiger partial charge in [0.05, 0.1) is 19.8 Å². The maximum Gasteiger partial charge on any atom is 0.342 e. The largest absolute Gasteiger partial charge is 0.494 e. The van der Waals surface area contributed by atoms with Gasteiger partial charge < -0.3 is 15.2 Å². The fourth-order valence-corrected chi connectivity index (χ4v) is 1.42. The number of carbonyl (C=O) groups is 1. The van der Waals surface area contributed by atoms with Gasteiger partial charge in [-0.2, -0.15) is 0 Å².